The monoisotopic (exact) mass is 222 g/mol. The number of ether oxygens (including phenoxy) is 1. The van der Waals surface area contributed by atoms with Crippen LogP contribution in [0.15, 0.2) is 24.5 Å². The number of nitrogens with two attached hydrogens (primary N) is 1. The molecule has 0 fully saturated rings. The van der Waals surface area contributed by atoms with E-state index in [1.165, 1.54) is 7.11 Å². The van der Waals surface area contributed by atoms with E-state index in [0.29, 0.717) is 0 Å². The van der Waals surface area contributed by atoms with Crippen molar-refractivity contribution in [3.8, 4) is 0 Å². The molecule has 1 aromatic rings. The highest BCUT2D eigenvalue weighted by atomic mass is 16.5. The van der Waals surface area contributed by atoms with E-state index in [-0.39, 0.29) is 23.8 Å². The molecule has 4 heteroatoms. The van der Waals surface area contributed by atoms with Crippen LogP contribution in [0.2, 0.25) is 0 Å². The van der Waals surface area contributed by atoms with Crippen LogP contribution in [0.25, 0.3) is 0 Å². The molecule has 88 valence electrons. The van der Waals surface area contributed by atoms with Gasteiger partial charge in [0.05, 0.1) is 13.0 Å². The number of esters is 1. The van der Waals surface area contributed by atoms with E-state index in [0.717, 1.165) is 5.56 Å². The second kappa shape index (κ2) is 5.61. The van der Waals surface area contributed by atoms with Crippen molar-refractivity contribution < 1.29 is 9.53 Å². The van der Waals surface area contributed by atoms with E-state index in [4.69, 9.17) is 10.5 Å². The lowest BCUT2D eigenvalue weighted by molar-refractivity contribution is -0.147. The Balaban J connectivity index is 2.92. The summed E-state index contributed by atoms with van der Waals surface area (Å²) in [5, 5.41) is 0. The maximum Gasteiger partial charge on any atom is 0.310 e. The lowest BCUT2D eigenvalue weighted by Gasteiger charge is -2.25. The molecular weight excluding hydrogens is 204 g/mol. The maximum absolute atomic E-state index is 11.7. The van der Waals surface area contributed by atoms with Crippen LogP contribution in [0.4, 0.5) is 0 Å². The Hall–Kier alpha value is -1.42. The van der Waals surface area contributed by atoms with Crippen molar-refractivity contribution in [2.75, 3.05) is 7.11 Å². The van der Waals surface area contributed by atoms with E-state index >= 15 is 0 Å². The first kappa shape index (κ1) is 12.6. The van der Waals surface area contributed by atoms with Crippen LogP contribution in [0, 0.1) is 11.8 Å². The molecule has 2 atom stereocenters. The van der Waals surface area contributed by atoms with Gasteiger partial charge in [-0.2, -0.15) is 0 Å². The van der Waals surface area contributed by atoms with Crippen molar-refractivity contribution in [1.82, 2.24) is 4.98 Å². The third-order valence-corrected chi connectivity index (χ3v) is 2.67. The first-order chi connectivity index (χ1) is 7.57. The smallest absolute Gasteiger partial charge is 0.310 e. The lowest BCUT2D eigenvalue weighted by atomic mass is 9.85. The molecule has 0 spiro atoms. The van der Waals surface area contributed by atoms with Gasteiger partial charge in [0, 0.05) is 18.4 Å². The summed E-state index contributed by atoms with van der Waals surface area (Å²) >= 11 is 0. The Morgan fingerprint density at radius 3 is 2.38 bits per heavy atom. The van der Waals surface area contributed by atoms with Crippen LogP contribution in [0.3, 0.4) is 0 Å². The summed E-state index contributed by atoms with van der Waals surface area (Å²) in [6.45, 7) is 3.92. The van der Waals surface area contributed by atoms with Crippen molar-refractivity contribution in [3.05, 3.63) is 30.1 Å². The first-order valence-electron chi connectivity index (χ1n) is 5.31. The average Bonchev–Trinajstić information content (AvgIpc) is 2.29. The molecule has 0 amide bonds. The number of carbonyl (C=O) groups excluding carboxylic acids is 1. The normalized spacial score (nSPS) is 14.6. The summed E-state index contributed by atoms with van der Waals surface area (Å²) in [7, 11) is 1.39. The lowest BCUT2D eigenvalue weighted by Crippen LogP contribution is -2.33. The number of hydrogen-bond donors (Lipinski definition) is 1. The van der Waals surface area contributed by atoms with Crippen molar-refractivity contribution in [3.63, 3.8) is 0 Å². The highest BCUT2D eigenvalue weighted by molar-refractivity contribution is 5.73. The quantitative estimate of drug-likeness (QED) is 0.784. The molecule has 2 N–H and O–H groups in total. The fourth-order valence-corrected chi connectivity index (χ4v) is 1.76. The molecule has 1 heterocycles. The summed E-state index contributed by atoms with van der Waals surface area (Å²) in [6.07, 6.45) is 3.34. The third-order valence-electron chi connectivity index (χ3n) is 2.67. The summed E-state index contributed by atoms with van der Waals surface area (Å²) in [5.74, 6) is -0.456. The number of rotatable bonds is 4. The third kappa shape index (κ3) is 2.79. The minimum atomic E-state index is -0.351. The predicted octanol–water partition coefficient (Wildman–Crippen LogP) is 1.53. The highest BCUT2D eigenvalue weighted by Gasteiger charge is 2.30. The van der Waals surface area contributed by atoms with Gasteiger partial charge in [0.15, 0.2) is 0 Å². The van der Waals surface area contributed by atoms with Crippen LogP contribution in [-0.4, -0.2) is 18.1 Å². The van der Waals surface area contributed by atoms with Gasteiger partial charge in [0.1, 0.15) is 0 Å². The van der Waals surface area contributed by atoms with E-state index in [1.807, 2.05) is 26.0 Å². The van der Waals surface area contributed by atoms with Gasteiger partial charge in [-0.3, -0.25) is 9.78 Å². The molecule has 16 heavy (non-hydrogen) atoms. The molecule has 0 aliphatic rings. The number of aromatic nitrogens is 1. The van der Waals surface area contributed by atoms with Gasteiger partial charge in [-0.05, 0) is 23.6 Å². The Labute approximate surface area is 95.8 Å². The van der Waals surface area contributed by atoms with Gasteiger partial charge >= 0.3 is 5.97 Å². The topological polar surface area (TPSA) is 65.2 Å². The Bertz CT molecular complexity index is 338. The summed E-state index contributed by atoms with van der Waals surface area (Å²) in [4.78, 5) is 15.6. The zero-order valence-electron chi connectivity index (χ0n) is 9.88. The molecule has 0 saturated heterocycles. The Morgan fingerprint density at radius 2 is 1.94 bits per heavy atom. The van der Waals surface area contributed by atoms with Gasteiger partial charge in [0.25, 0.3) is 0 Å². The molecule has 1 rings (SSSR count). The second-order valence-corrected chi connectivity index (χ2v) is 4.10. The van der Waals surface area contributed by atoms with Crippen LogP contribution in [0.5, 0.6) is 0 Å². The van der Waals surface area contributed by atoms with Crippen LogP contribution < -0.4 is 5.73 Å². The largest absolute Gasteiger partial charge is 0.469 e. The van der Waals surface area contributed by atoms with Gasteiger partial charge in [0.2, 0.25) is 0 Å². The van der Waals surface area contributed by atoms with Crippen molar-refractivity contribution in [2.24, 2.45) is 17.6 Å². The molecule has 0 aliphatic carbocycles. The fourth-order valence-electron chi connectivity index (χ4n) is 1.76. The van der Waals surface area contributed by atoms with Gasteiger partial charge in [-0.25, -0.2) is 0 Å². The molecule has 0 radical (unpaired) electrons. The Kier molecular flexibility index (Phi) is 4.43. The fraction of sp³-hybridized carbons (Fsp3) is 0.500. The van der Waals surface area contributed by atoms with E-state index in [2.05, 4.69) is 4.98 Å². The van der Waals surface area contributed by atoms with Crippen molar-refractivity contribution in [2.45, 2.75) is 19.9 Å². The molecule has 0 saturated carbocycles. The second-order valence-electron chi connectivity index (χ2n) is 4.10. The van der Waals surface area contributed by atoms with Crippen molar-refractivity contribution in [1.29, 1.82) is 0 Å². The van der Waals surface area contributed by atoms with E-state index in [1.54, 1.807) is 12.4 Å². The molecule has 0 aliphatic heterocycles. The maximum atomic E-state index is 11.7. The van der Waals surface area contributed by atoms with Gasteiger partial charge in [-0.1, -0.05) is 13.8 Å². The Morgan fingerprint density at radius 1 is 1.38 bits per heavy atom. The number of carbonyl (C=O) groups is 1. The van der Waals surface area contributed by atoms with Crippen LogP contribution >= 0.6 is 0 Å². The molecular formula is C12H18N2O2. The standard InChI is InChI=1S/C12H18N2O2/c1-8(2)10(12(15)16-3)11(13)9-4-6-14-7-5-9/h4-8,10-11H,13H2,1-3H3. The van der Waals surface area contributed by atoms with E-state index in [9.17, 15) is 4.79 Å². The zero-order valence-corrected chi connectivity index (χ0v) is 9.88. The van der Waals surface area contributed by atoms with Crippen LogP contribution in [0.1, 0.15) is 25.5 Å². The predicted molar refractivity (Wildman–Crippen MR) is 61.5 cm³/mol. The number of hydrogen-bond acceptors (Lipinski definition) is 4. The SMILES string of the molecule is COC(=O)C(C(C)C)C(N)c1ccncc1. The summed E-state index contributed by atoms with van der Waals surface area (Å²) in [6, 6.07) is 3.29. The van der Waals surface area contributed by atoms with E-state index < -0.39 is 0 Å². The number of pyridine rings is 1. The minimum absolute atomic E-state index is 0.135. The average molecular weight is 222 g/mol. The molecule has 4 nitrogen and oxygen atoms in total. The molecule has 0 bridgehead atoms. The number of methoxy groups -OCH3 is 1. The van der Waals surface area contributed by atoms with Gasteiger partial charge in [-0.15, -0.1) is 0 Å². The van der Waals surface area contributed by atoms with Crippen LogP contribution in [-0.2, 0) is 9.53 Å². The zero-order chi connectivity index (χ0) is 12.1. The molecule has 2 unspecified atom stereocenters. The summed E-state index contributed by atoms with van der Waals surface area (Å²) < 4.78 is 4.78. The molecule has 1 aromatic heterocycles. The number of nitrogens with zero attached hydrogens (tertiary/aromatic N) is 1. The molecule has 0 aromatic carbocycles. The minimum Gasteiger partial charge on any atom is -0.469 e. The summed E-state index contributed by atoms with van der Waals surface area (Å²) in [5.41, 5.74) is 6.99. The highest BCUT2D eigenvalue weighted by Crippen LogP contribution is 2.26. The van der Waals surface area contributed by atoms with Gasteiger partial charge < -0.3 is 10.5 Å². The van der Waals surface area contributed by atoms with Crippen molar-refractivity contribution >= 4 is 5.97 Å². The first-order valence-corrected chi connectivity index (χ1v) is 5.31.